The van der Waals surface area contributed by atoms with Gasteiger partial charge in [-0.3, -0.25) is 0 Å². The molecule has 0 radical (unpaired) electrons. The summed E-state index contributed by atoms with van der Waals surface area (Å²) in [7, 11) is 0. The number of aryl methyl sites for hydroxylation is 1. The zero-order valence-electron chi connectivity index (χ0n) is 9.78. The molecule has 0 aliphatic heterocycles. The predicted octanol–water partition coefficient (Wildman–Crippen LogP) is 1.70. The van der Waals surface area contributed by atoms with Crippen LogP contribution in [0.1, 0.15) is 38.1 Å². The third kappa shape index (κ3) is 3.47. The minimum Gasteiger partial charge on any atom is -0.394 e. The quantitative estimate of drug-likeness (QED) is 0.792. The molecule has 0 bridgehead atoms. The highest BCUT2D eigenvalue weighted by Crippen LogP contribution is 2.14. The van der Waals surface area contributed by atoms with Crippen LogP contribution in [0.4, 0.5) is 5.95 Å². The summed E-state index contributed by atoms with van der Waals surface area (Å²) in [6.45, 7) is 8.11. The second kappa shape index (κ2) is 5.07. The smallest absolute Gasteiger partial charge is 0.223 e. The molecule has 15 heavy (non-hydrogen) atoms. The van der Waals surface area contributed by atoms with Crippen LogP contribution < -0.4 is 5.32 Å². The van der Waals surface area contributed by atoms with Crippen LogP contribution in [0.5, 0.6) is 0 Å². The largest absolute Gasteiger partial charge is 0.394 e. The molecule has 0 spiro atoms. The van der Waals surface area contributed by atoms with E-state index in [1.54, 1.807) is 0 Å². The summed E-state index contributed by atoms with van der Waals surface area (Å²) in [5.74, 6) is 0.983. The van der Waals surface area contributed by atoms with Gasteiger partial charge in [0.1, 0.15) is 0 Å². The van der Waals surface area contributed by atoms with Crippen molar-refractivity contribution in [3.05, 3.63) is 17.5 Å². The van der Waals surface area contributed by atoms with E-state index in [1.807, 2.05) is 19.9 Å². The fourth-order valence-corrected chi connectivity index (χ4v) is 1.22. The molecule has 0 saturated heterocycles. The number of hydrogen-bond acceptors (Lipinski definition) is 4. The zero-order valence-corrected chi connectivity index (χ0v) is 9.78. The molecular formula is C11H19N3O. The molecule has 0 aromatic carbocycles. The van der Waals surface area contributed by atoms with Crippen molar-refractivity contribution in [2.75, 3.05) is 11.9 Å². The number of aromatic nitrogens is 2. The average Bonchev–Trinajstić information content (AvgIpc) is 2.16. The van der Waals surface area contributed by atoms with E-state index < -0.39 is 0 Å². The Morgan fingerprint density at radius 1 is 1.33 bits per heavy atom. The zero-order chi connectivity index (χ0) is 11.4. The van der Waals surface area contributed by atoms with Crippen molar-refractivity contribution < 1.29 is 5.11 Å². The standard InChI is InChI=1S/C11H19N3O/c1-7(2)10-5-8(3)12-11(14-10)13-9(4)6-15/h5,7,9,15H,6H2,1-4H3,(H,12,13,14). The Bertz CT molecular complexity index is 326. The van der Waals surface area contributed by atoms with Gasteiger partial charge in [-0.25, -0.2) is 9.97 Å². The highest BCUT2D eigenvalue weighted by Gasteiger charge is 2.07. The Morgan fingerprint density at radius 2 is 2.00 bits per heavy atom. The molecular weight excluding hydrogens is 190 g/mol. The van der Waals surface area contributed by atoms with E-state index in [9.17, 15) is 0 Å². The Kier molecular flexibility index (Phi) is 4.03. The number of aliphatic hydroxyl groups is 1. The van der Waals surface area contributed by atoms with E-state index in [0.717, 1.165) is 11.4 Å². The molecule has 2 N–H and O–H groups in total. The Balaban J connectivity index is 2.88. The van der Waals surface area contributed by atoms with Gasteiger partial charge in [-0.05, 0) is 25.8 Å². The molecule has 1 rings (SSSR count). The van der Waals surface area contributed by atoms with Crippen molar-refractivity contribution in [1.29, 1.82) is 0 Å². The number of nitrogens with zero attached hydrogens (tertiary/aromatic N) is 2. The van der Waals surface area contributed by atoms with Crippen molar-refractivity contribution in [3.8, 4) is 0 Å². The van der Waals surface area contributed by atoms with E-state index in [4.69, 9.17) is 5.11 Å². The summed E-state index contributed by atoms with van der Waals surface area (Å²) in [5.41, 5.74) is 1.97. The van der Waals surface area contributed by atoms with Gasteiger partial charge in [-0.1, -0.05) is 13.8 Å². The van der Waals surface area contributed by atoms with Gasteiger partial charge < -0.3 is 10.4 Å². The fraction of sp³-hybridized carbons (Fsp3) is 0.636. The van der Waals surface area contributed by atoms with Gasteiger partial charge in [0.15, 0.2) is 0 Å². The summed E-state index contributed by atoms with van der Waals surface area (Å²) in [5, 5.41) is 12.0. The predicted molar refractivity (Wildman–Crippen MR) is 61.0 cm³/mol. The van der Waals surface area contributed by atoms with Crippen LogP contribution in [-0.4, -0.2) is 27.7 Å². The first-order valence-electron chi connectivity index (χ1n) is 5.26. The first kappa shape index (κ1) is 11.9. The maximum absolute atomic E-state index is 8.93. The van der Waals surface area contributed by atoms with Crippen LogP contribution in [0.25, 0.3) is 0 Å². The molecule has 4 heteroatoms. The molecule has 1 atom stereocenters. The Hall–Kier alpha value is -1.16. The van der Waals surface area contributed by atoms with Gasteiger partial charge >= 0.3 is 0 Å². The monoisotopic (exact) mass is 209 g/mol. The topological polar surface area (TPSA) is 58.0 Å². The van der Waals surface area contributed by atoms with Gasteiger partial charge in [-0.15, -0.1) is 0 Å². The van der Waals surface area contributed by atoms with Crippen LogP contribution in [0.15, 0.2) is 6.07 Å². The maximum atomic E-state index is 8.93. The maximum Gasteiger partial charge on any atom is 0.223 e. The summed E-state index contributed by atoms with van der Waals surface area (Å²) in [6.07, 6.45) is 0. The molecule has 0 saturated carbocycles. The normalized spacial score (nSPS) is 12.9. The lowest BCUT2D eigenvalue weighted by molar-refractivity contribution is 0.281. The van der Waals surface area contributed by atoms with E-state index in [-0.39, 0.29) is 12.6 Å². The Labute approximate surface area is 90.8 Å². The van der Waals surface area contributed by atoms with Gasteiger partial charge in [0, 0.05) is 17.4 Å². The van der Waals surface area contributed by atoms with E-state index >= 15 is 0 Å². The van der Waals surface area contributed by atoms with Gasteiger partial charge in [-0.2, -0.15) is 0 Å². The molecule has 0 amide bonds. The number of hydrogen-bond donors (Lipinski definition) is 2. The molecule has 0 aliphatic rings. The lowest BCUT2D eigenvalue weighted by Crippen LogP contribution is -2.21. The van der Waals surface area contributed by atoms with Crippen LogP contribution >= 0.6 is 0 Å². The molecule has 0 aliphatic carbocycles. The van der Waals surface area contributed by atoms with Crippen LogP contribution in [0.3, 0.4) is 0 Å². The lowest BCUT2D eigenvalue weighted by atomic mass is 10.1. The molecule has 0 fully saturated rings. The van der Waals surface area contributed by atoms with Gasteiger partial charge in [0.05, 0.1) is 6.61 Å². The van der Waals surface area contributed by atoms with Crippen LogP contribution in [0, 0.1) is 6.92 Å². The minimum absolute atomic E-state index is 0.0215. The van der Waals surface area contributed by atoms with Crippen LogP contribution in [0.2, 0.25) is 0 Å². The second-order valence-electron chi connectivity index (χ2n) is 4.14. The average molecular weight is 209 g/mol. The van der Waals surface area contributed by atoms with E-state index in [0.29, 0.717) is 11.9 Å². The van der Waals surface area contributed by atoms with Gasteiger partial charge in [0.25, 0.3) is 0 Å². The first-order valence-corrected chi connectivity index (χ1v) is 5.26. The molecule has 1 heterocycles. The summed E-state index contributed by atoms with van der Waals surface area (Å²) < 4.78 is 0. The van der Waals surface area contributed by atoms with Crippen LogP contribution in [-0.2, 0) is 0 Å². The van der Waals surface area contributed by atoms with Crippen molar-refractivity contribution in [1.82, 2.24) is 9.97 Å². The minimum atomic E-state index is -0.0215. The first-order chi connectivity index (χ1) is 7.02. The molecule has 84 valence electrons. The second-order valence-corrected chi connectivity index (χ2v) is 4.14. The van der Waals surface area contributed by atoms with Crippen molar-refractivity contribution in [3.63, 3.8) is 0 Å². The van der Waals surface area contributed by atoms with E-state index in [1.165, 1.54) is 0 Å². The highest BCUT2D eigenvalue weighted by molar-refractivity contribution is 5.30. The molecule has 1 aromatic heterocycles. The molecule has 1 unspecified atom stereocenters. The SMILES string of the molecule is Cc1cc(C(C)C)nc(NC(C)CO)n1. The number of anilines is 1. The third-order valence-electron chi connectivity index (χ3n) is 2.11. The molecule has 4 nitrogen and oxygen atoms in total. The summed E-state index contributed by atoms with van der Waals surface area (Å²) >= 11 is 0. The lowest BCUT2D eigenvalue weighted by Gasteiger charge is -2.13. The highest BCUT2D eigenvalue weighted by atomic mass is 16.3. The van der Waals surface area contributed by atoms with E-state index in [2.05, 4.69) is 29.1 Å². The summed E-state index contributed by atoms with van der Waals surface area (Å²) in [4.78, 5) is 8.66. The fourth-order valence-electron chi connectivity index (χ4n) is 1.22. The number of nitrogens with one attached hydrogen (secondary N) is 1. The number of rotatable bonds is 4. The van der Waals surface area contributed by atoms with Crippen molar-refractivity contribution in [2.24, 2.45) is 0 Å². The van der Waals surface area contributed by atoms with Crippen molar-refractivity contribution in [2.45, 2.75) is 39.7 Å². The molecule has 1 aromatic rings. The summed E-state index contributed by atoms with van der Waals surface area (Å²) in [6, 6.07) is 1.96. The Morgan fingerprint density at radius 3 is 2.53 bits per heavy atom. The number of aliphatic hydroxyl groups excluding tert-OH is 1. The van der Waals surface area contributed by atoms with Crippen molar-refractivity contribution >= 4 is 5.95 Å². The van der Waals surface area contributed by atoms with Gasteiger partial charge in [0.2, 0.25) is 5.95 Å². The third-order valence-corrected chi connectivity index (χ3v) is 2.11.